The Kier molecular flexibility index (Phi) is 5.35. The fraction of sp³-hybridized carbons (Fsp3) is 0.263. The lowest BCUT2D eigenvalue weighted by atomic mass is 10.1. The molecule has 0 saturated carbocycles. The van der Waals surface area contributed by atoms with Gasteiger partial charge in [0.05, 0.1) is 37.3 Å². The second kappa shape index (κ2) is 7.86. The minimum absolute atomic E-state index is 0.277. The van der Waals surface area contributed by atoms with Crippen LogP contribution in [0.4, 0.5) is 5.69 Å². The molecular formula is C19H21N5O3. The van der Waals surface area contributed by atoms with Crippen LogP contribution in [-0.4, -0.2) is 38.5 Å². The van der Waals surface area contributed by atoms with Crippen molar-refractivity contribution in [1.29, 1.82) is 0 Å². The number of rotatable bonds is 6. The summed E-state index contributed by atoms with van der Waals surface area (Å²) in [6.07, 6.45) is 5.20. The van der Waals surface area contributed by atoms with Crippen molar-refractivity contribution >= 4 is 17.6 Å². The molecule has 1 amide bonds. The van der Waals surface area contributed by atoms with Crippen molar-refractivity contribution in [3.8, 4) is 0 Å². The zero-order chi connectivity index (χ0) is 19.4. The van der Waals surface area contributed by atoms with E-state index in [1.807, 2.05) is 24.7 Å². The number of aryl methyl sites for hydroxylation is 1. The Morgan fingerprint density at radius 2 is 1.81 bits per heavy atom. The molecule has 3 aromatic rings. The Labute approximate surface area is 156 Å². The van der Waals surface area contributed by atoms with Crippen LogP contribution in [0.15, 0.2) is 42.9 Å². The van der Waals surface area contributed by atoms with Gasteiger partial charge in [0.1, 0.15) is 0 Å². The molecule has 1 aromatic carbocycles. The highest BCUT2D eigenvalue weighted by atomic mass is 16.5. The average Bonchev–Trinajstić information content (AvgIpc) is 3.28. The lowest BCUT2D eigenvalue weighted by Gasteiger charge is -2.04. The van der Waals surface area contributed by atoms with Gasteiger partial charge in [-0.05, 0) is 38.1 Å². The van der Waals surface area contributed by atoms with Crippen molar-refractivity contribution in [2.75, 3.05) is 12.4 Å². The second-order valence-electron chi connectivity index (χ2n) is 6.02. The van der Waals surface area contributed by atoms with Crippen LogP contribution in [0.1, 0.15) is 38.9 Å². The summed E-state index contributed by atoms with van der Waals surface area (Å²) in [7, 11) is 1.31. The average molecular weight is 367 g/mol. The third-order valence-electron chi connectivity index (χ3n) is 4.30. The molecular weight excluding hydrogens is 346 g/mol. The maximum atomic E-state index is 12.4. The van der Waals surface area contributed by atoms with Gasteiger partial charge >= 0.3 is 5.97 Å². The molecule has 0 saturated heterocycles. The van der Waals surface area contributed by atoms with Gasteiger partial charge in [-0.15, -0.1) is 0 Å². The molecule has 2 aromatic heterocycles. The lowest BCUT2D eigenvalue weighted by Crippen LogP contribution is -2.12. The highest BCUT2D eigenvalue weighted by Gasteiger charge is 2.11. The van der Waals surface area contributed by atoms with Crippen LogP contribution in [-0.2, 0) is 17.8 Å². The molecule has 0 unspecified atom stereocenters. The van der Waals surface area contributed by atoms with Gasteiger partial charge in [-0.3, -0.25) is 14.2 Å². The van der Waals surface area contributed by atoms with Gasteiger partial charge in [0, 0.05) is 29.6 Å². The van der Waals surface area contributed by atoms with E-state index in [1.54, 1.807) is 41.3 Å². The summed E-state index contributed by atoms with van der Waals surface area (Å²) in [5, 5.41) is 11.4. The normalized spacial score (nSPS) is 10.6. The highest BCUT2D eigenvalue weighted by Crippen LogP contribution is 2.13. The quantitative estimate of drug-likeness (QED) is 0.676. The van der Waals surface area contributed by atoms with Gasteiger partial charge < -0.3 is 10.1 Å². The topological polar surface area (TPSA) is 91.0 Å². The minimum atomic E-state index is -0.440. The van der Waals surface area contributed by atoms with Crippen LogP contribution in [0.2, 0.25) is 0 Å². The van der Waals surface area contributed by atoms with Crippen LogP contribution in [0.25, 0.3) is 0 Å². The van der Waals surface area contributed by atoms with Crippen LogP contribution in [0.3, 0.4) is 0 Å². The predicted molar refractivity (Wildman–Crippen MR) is 99.7 cm³/mol. The molecule has 0 radical (unpaired) electrons. The maximum Gasteiger partial charge on any atom is 0.337 e. The number of methoxy groups -OCH3 is 1. The number of hydrogen-bond donors (Lipinski definition) is 1. The van der Waals surface area contributed by atoms with Crippen LogP contribution in [0.5, 0.6) is 0 Å². The van der Waals surface area contributed by atoms with E-state index in [0.29, 0.717) is 23.4 Å². The smallest absolute Gasteiger partial charge is 0.337 e. The highest BCUT2D eigenvalue weighted by molar-refractivity contribution is 6.04. The van der Waals surface area contributed by atoms with Crippen molar-refractivity contribution in [3.05, 3.63) is 65.2 Å². The first-order valence-corrected chi connectivity index (χ1v) is 8.55. The van der Waals surface area contributed by atoms with Gasteiger partial charge in [0.15, 0.2) is 0 Å². The van der Waals surface area contributed by atoms with E-state index in [2.05, 4.69) is 20.3 Å². The third kappa shape index (κ3) is 4.05. The number of aromatic nitrogens is 4. The number of anilines is 1. The summed E-state index contributed by atoms with van der Waals surface area (Å²) in [5.74, 6) is -0.717. The van der Waals surface area contributed by atoms with E-state index in [1.165, 1.54) is 7.11 Å². The Balaban J connectivity index is 1.65. The number of hydrogen-bond acceptors (Lipinski definition) is 5. The summed E-state index contributed by atoms with van der Waals surface area (Å²) < 4.78 is 8.32. The number of carbonyl (C=O) groups is 2. The molecule has 8 heteroatoms. The summed E-state index contributed by atoms with van der Waals surface area (Å²) in [6, 6.07) is 6.26. The Morgan fingerprint density at radius 3 is 2.44 bits per heavy atom. The van der Waals surface area contributed by atoms with Crippen molar-refractivity contribution in [2.45, 2.75) is 26.9 Å². The molecule has 0 spiro atoms. The molecule has 0 aliphatic rings. The van der Waals surface area contributed by atoms with Crippen molar-refractivity contribution < 1.29 is 14.3 Å². The zero-order valence-corrected chi connectivity index (χ0v) is 15.5. The van der Waals surface area contributed by atoms with E-state index in [9.17, 15) is 9.59 Å². The number of ether oxygens (including phenoxy) is 1. The molecule has 2 heterocycles. The first-order chi connectivity index (χ1) is 13.0. The third-order valence-corrected chi connectivity index (χ3v) is 4.30. The SMILES string of the molecule is CCn1ncc(Cn2cc(NC(=O)c3ccc(C(=O)OC)cc3)cn2)c1C. The molecule has 140 valence electrons. The predicted octanol–water partition coefficient (Wildman–Crippen LogP) is 2.50. The van der Waals surface area contributed by atoms with Gasteiger partial charge in [0.25, 0.3) is 5.91 Å². The summed E-state index contributed by atoms with van der Waals surface area (Å²) in [4.78, 5) is 23.8. The van der Waals surface area contributed by atoms with Crippen molar-refractivity contribution in [2.24, 2.45) is 0 Å². The number of nitrogens with one attached hydrogen (secondary N) is 1. The lowest BCUT2D eigenvalue weighted by molar-refractivity contribution is 0.0600. The van der Waals surface area contributed by atoms with Crippen LogP contribution in [0, 0.1) is 6.92 Å². The molecule has 27 heavy (non-hydrogen) atoms. The second-order valence-corrected chi connectivity index (χ2v) is 6.02. The summed E-state index contributed by atoms with van der Waals surface area (Å²) in [6.45, 7) is 5.47. The van der Waals surface area contributed by atoms with Crippen molar-refractivity contribution in [3.63, 3.8) is 0 Å². The number of amides is 1. The van der Waals surface area contributed by atoms with Gasteiger partial charge in [-0.2, -0.15) is 10.2 Å². The molecule has 8 nitrogen and oxygen atoms in total. The minimum Gasteiger partial charge on any atom is -0.465 e. The van der Waals surface area contributed by atoms with E-state index in [0.717, 1.165) is 17.8 Å². The number of carbonyl (C=O) groups excluding carboxylic acids is 2. The first kappa shape index (κ1) is 18.4. The van der Waals surface area contributed by atoms with Gasteiger partial charge in [0.2, 0.25) is 0 Å². The van der Waals surface area contributed by atoms with Gasteiger partial charge in [-0.25, -0.2) is 4.79 Å². The summed E-state index contributed by atoms with van der Waals surface area (Å²) in [5.41, 5.74) is 3.61. The molecule has 1 N–H and O–H groups in total. The molecule has 3 rings (SSSR count). The first-order valence-electron chi connectivity index (χ1n) is 8.55. The Hall–Kier alpha value is -3.42. The summed E-state index contributed by atoms with van der Waals surface area (Å²) >= 11 is 0. The van der Waals surface area contributed by atoms with E-state index in [4.69, 9.17) is 0 Å². The fourth-order valence-electron chi connectivity index (χ4n) is 2.73. The molecule has 0 fully saturated rings. The fourth-order valence-corrected chi connectivity index (χ4v) is 2.73. The molecule has 0 aliphatic heterocycles. The monoisotopic (exact) mass is 367 g/mol. The standard InChI is InChI=1S/C19H21N5O3/c1-4-24-13(2)16(9-21-24)11-23-12-17(10-20-23)22-18(25)14-5-7-15(8-6-14)19(26)27-3/h5-10,12H,4,11H2,1-3H3,(H,22,25). The van der Waals surface area contributed by atoms with Gasteiger partial charge in [-0.1, -0.05) is 0 Å². The maximum absolute atomic E-state index is 12.4. The Morgan fingerprint density at radius 1 is 1.11 bits per heavy atom. The number of esters is 1. The molecule has 0 atom stereocenters. The number of benzene rings is 1. The van der Waals surface area contributed by atoms with Crippen molar-refractivity contribution in [1.82, 2.24) is 19.6 Å². The Bertz CT molecular complexity index is 956. The van der Waals surface area contributed by atoms with E-state index in [-0.39, 0.29) is 5.91 Å². The largest absolute Gasteiger partial charge is 0.465 e. The van der Waals surface area contributed by atoms with E-state index >= 15 is 0 Å². The zero-order valence-electron chi connectivity index (χ0n) is 15.5. The van der Waals surface area contributed by atoms with Crippen LogP contribution < -0.4 is 5.32 Å². The van der Waals surface area contributed by atoms with E-state index < -0.39 is 5.97 Å². The number of nitrogens with zero attached hydrogens (tertiary/aromatic N) is 4. The molecule has 0 aliphatic carbocycles. The van der Waals surface area contributed by atoms with Crippen LogP contribution >= 0.6 is 0 Å². The molecule has 0 bridgehead atoms.